The third-order valence-electron chi connectivity index (χ3n) is 1.46. The van der Waals surface area contributed by atoms with Crippen LogP contribution in [0.2, 0.25) is 5.15 Å². The highest BCUT2D eigenvalue weighted by atomic mass is 35.5. The molecule has 0 unspecified atom stereocenters. The highest BCUT2D eigenvalue weighted by molar-refractivity contribution is 6.32. The third-order valence-corrected chi connectivity index (χ3v) is 1.72. The molecular weight excluding hydrogens is 182 g/mol. The molecule has 0 amide bonds. The molecule has 2 aromatic rings. The van der Waals surface area contributed by atoms with E-state index < -0.39 is 0 Å². The van der Waals surface area contributed by atoms with Crippen molar-refractivity contribution < 1.29 is 0 Å². The minimum Gasteiger partial charge on any atom is -0.245 e. The summed E-state index contributed by atoms with van der Waals surface area (Å²) in [7, 11) is 1.50. The van der Waals surface area contributed by atoms with E-state index in [-0.39, 0.29) is 16.5 Å². The quantitative estimate of drug-likeness (QED) is 0.554. The fourth-order valence-electron chi connectivity index (χ4n) is 0.853. The Hall–Kier alpha value is -1.43. The number of imidazole rings is 1. The zero-order valence-electron chi connectivity index (χ0n) is 6.10. The lowest BCUT2D eigenvalue weighted by molar-refractivity contribution is 0.607. The Morgan fingerprint density at radius 3 is 3.08 bits per heavy atom. The second-order valence-electron chi connectivity index (χ2n) is 2.22. The fraction of sp³-hybridized carbons (Fsp3) is 0.200. The smallest absolute Gasteiger partial charge is 0.245 e. The van der Waals surface area contributed by atoms with E-state index in [1.165, 1.54) is 17.8 Å². The molecule has 2 rings (SSSR count). The van der Waals surface area contributed by atoms with Crippen LogP contribution in [0.3, 0.4) is 0 Å². The Labute approximate surface area is 71.4 Å². The van der Waals surface area contributed by atoms with Crippen molar-refractivity contribution in [1.82, 2.24) is 24.4 Å². The maximum atomic E-state index is 11.3. The summed E-state index contributed by atoms with van der Waals surface area (Å²) in [4.78, 5) is 15.0. The zero-order chi connectivity index (χ0) is 8.72. The van der Waals surface area contributed by atoms with E-state index in [9.17, 15) is 4.79 Å². The molecule has 0 saturated carbocycles. The summed E-state index contributed by atoms with van der Waals surface area (Å²) < 4.78 is 2.33. The molecule has 0 bridgehead atoms. The number of aryl methyl sites for hydroxylation is 1. The van der Waals surface area contributed by atoms with Gasteiger partial charge in [0.15, 0.2) is 5.15 Å². The number of nitrogens with zero attached hydrogens (tertiary/aromatic N) is 5. The summed E-state index contributed by atoms with van der Waals surface area (Å²) >= 11 is 5.61. The molecule has 0 atom stereocenters. The van der Waals surface area contributed by atoms with E-state index in [1.54, 1.807) is 0 Å². The monoisotopic (exact) mass is 185 g/mol. The van der Waals surface area contributed by atoms with Crippen molar-refractivity contribution >= 4 is 17.2 Å². The van der Waals surface area contributed by atoms with Crippen molar-refractivity contribution in [3.63, 3.8) is 0 Å². The van der Waals surface area contributed by atoms with E-state index in [0.29, 0.717) is 0 Å². The summed E-state index contributed by atoms with van der Waals surface area (Å²) in [6, 6.07) is 0. The number of aromatic nitrogens is 5. The Bertz CT molecular complexity index is 486. The van der Waals surface area contributed by atoms with E-state index in [0.717, 1.165) is 4.68 Å². The predicted molar refractivity (Wildman–Crippen MR) is 41.0 cm³/mol. The number of halogens is 1. The zero-order valence-corrected chi connectivity index (χ0v) is 6.86. The highest BCUT2D eigenvalue weighted by Crippen LogP contribution is 2.07. The van der Waals surface area contributed by atoms with Crippen LogP contribution in [-0.2, 0) is 7.05 Å². The molecule has 0 saturated heterocycles. The van der Waals surface area contributed by atoms with Gasteiger partial charge < -0.3 is 0 Å². The maximum absolute atomic E-state index is 11.3. The lowest BCUT2D eigenvalue weighted by Gasteiger charge is -1.93. The van der Waals surface area contributed by atoms with E-state index >= 15 is 0 Å². The first-order chi connectivity index (χ1) is 5.70. The number of hydrogen-bond donors (Lipinski definition) is 0. The summed E-state index contributed by atoms with van der Waals surface area (Å²) in [5.41, 5.74) is -0.0424. The third kappa shape index (κ3) is 0.814. The van der Waals surface area contributed by atoms with Crippen molar-refractivity contribution in [3.8, 4) is 0 Å². The average molecular weight is 186 g/mol. The van der Waals surface area contributed by atoms with Gasteiger partial charge in [-0.1, -0.05) is 16.8 Å². The average Bonchev–Trinajstić information content (AvgIpc) is 2.41. The number of rotatable bonds is 0. The lowest BCUT2D eigenvalue weighted by atomic mass is 10.8. The van der Waals surface area contributed by atoms with Gasteiger partial charge in [-0.3, -0.25) is 0 Å². The van der Waals surface area contributed by atoms with Gasteiger partial charge in [0.2, 0.25) is 5.65 Å². The van der Waals surface area contributed by atoms with Crippen LogP contribution in [0.4, 0.5) is 0 Å². The van der Waals surface area contributed by atoms with E-state index in [2.05, 4.69) is 15.3 Å². The number of hydrogen-bond acceptors (Lipinski definition) is 4. The van der Waals surface area contributed by atoms with Crippen molar-refractivity contribution in [2.75, 3.05) is 0 Å². The van der Waals surface area contributed by atoms with Crippen LogP contribution < -0.4 is 5.69 Å². The largest absolute Gasteiger partial charge is 0.352 e. The first-order valence-corrected chi connectivity index (χ1v) is 3.50. The topological polar surface area (TPSA) is 65.1 Å². The molecule has 62 valence electrons. The normalized spacial score (nSPS) is 10.8. The minimum atomic E-state index is -0.320. The first-order valence-electron chi connectivity index (χ1n) is 3.12. The van der Waals surface area contributed by atoms with Crippen LogP contribution in [0.15, 0.2) is 11.1 Å². The molecule has 0 spiro atoms. The van der Waals surface area contributed by atoms with Crippen molar-refractivity contribution in [2.24, 2.45) is 7.05 Å². The molecule has 2 heterocycles. The Balaban J connectivity index is 3.03. The summed E-state index contributed by atoms with van der Waals surface area (Å²) in [6.07, 6.45) is 1.31. The van der Waals surface area contributed by atoms with E-state index in [1.807, 2.05) is 0 Å². The van der Waals surface area contributed by atoms with Gasteiger partial charge in [0.1, 0.15) is 6.33 Å². The van der Waals surface area contributed by atoms with Crippen molar-refractivity contribution in [2.45, 2.75) is 0 Å². The number of fused-ring (bicyclic) bond motifs is 1. The van der Waals surface area contributed by atoms with Gasteiger partial charge in [-0.05, 0) is 0 Å². The Kier molecular flexibility index (Phi) is 1.37. The van der Waals surface area contributed by atoms with Crippen LogP contribution in [0.25, 0.3) is 5.65 Å². The van der Waals surface area contributed by atoms with Crippen LogP contribution in [0.1, 0.15) is 0 Å². The van der Waals surface area contributed by atoms with Crippen LogP contribution in [0.5, 0.6) is 0 Å². The van der Waals surface area contributed by atoms with Crippen LogP contribution in [0, 0.1) is 0 Å². The predicted octanol–water partition coefficient (Wildman–Crippen LogP) is -0.524. The molecule has 0 aliphatic carbocycles. The standard InChI is InChI=1S/C5H4ClN5O/c1-10-5(12)11-2-7-3(6)4(11)8-9-10/h2H,1H3. The fourth-order valence-corrected chi connectivity index (χ4v) is 1.03. The van der Waals surface area contributed by atoms with Crippen molar-refractivity contribution in [3.05, 3.63) is 22.0 Å². The maximum Gasteiger partial charge on any atom is 0.352 e. The molecular formula is C5H4ClN5O. The highest BCUT2D eigenvalue weighted by Gasteiger charge is 2.06. The summed E-state index contributed by atoms with van der Waals surface area (Å²) in [5, 5.41) is 7.41. The van der Waals surface area contributed by atoms with Gasteiger partial charge in [0.05, 0.1) is 0 Å². The van der Waals surface area contributed by atoms with Gasteiger partial charge in [0, 0.05) is 7.05 Å². The van der Waals surface area contributed by atoms with E-state index in [4.69, 9.17) is 11.6 Å². The molecule has 6 nitrogen and oxygen atoms in total. The molecule has 0 N–H and O–H groups in total. The molecule has 12 heavy (non-hydrogen) atoms. The van der Waals surface area contributed by atoms with Gasteiger partial charge in [-0.2, -0.15) is 4.68 Å². The Morgan fingerprint density at radius 2 is 2.33 bits per heavy atom. The molecule has 7 heteroatoms. The first kappa shape index (κ1) is 7.23. The van der Waals surface area contributed by atoms with Gasteiger partial charge in [-0.25, -0.2) is 14.2 Å². The summed E-state index contributed by atoms with van der Waals surface area (Å²) in [5.74, 6) is 0. The lowest BCUT2D eigenvalue weighted by Crippen LogP contribution is -2.26. The van der Waals surface area contributed by atoms with Crippen LogP contribution >= 0.6 is 11.6 Å². The SMILES string of the molecule is Cn1nnc2c(Cl)ncn2c1=O. The second-order valence-corrected chi connectivity index (χ2v) is 2.58. The second kappa shape index (κ2) is 2.28. The van der Waals surface area contributed by atoms with Gasteiger partial charge in [-0.15, -0.1) is 5.10 Å². The van der Waals surface area contributed by atoms with Gasteiger partial charge in [0.25, 0.3) is 0 Å². The molecule has 0 aliphatic heterocycles. The minimum absolute atomic E-state index is 0.181. The Morgan fingerprint density at radius 1 is 1.58 bits per heavy atom. The van der Waals surface area contributed by atoms with Crippen LogP contribution in [-0.4, -0.2) is 24.4 Å². The molecule has 0 aromatic carbocycles. The van der Waals surface area contributed by atoms with Crippen molar-refractivity contribution in [1.29, 1.82) is 0 Å². The summed E-state index contributed by atoms with van der Waals surface area (Å²) in [6.45, 7) is 0. The molecule has 0 radical (unpaired) electrons. The van der Waals surface area contributed by atoms with Gasteiger partial charge >= 0.3 is 5.69 Å². The molecule has 0 aliphatic rings. The molecule has 0 fully saturated rings. The molecule has 2 aromatic heterocycles.